The molecule has 0 aliphatic rings. The SMILES string of the molecule is COc1ccc([C@@H](N)c2ccsc2)cc1. The first-order valence-corrected chi connectivity index (χ1v) is 5.67. The van der Waals surface area contributed by atoms with Crippen LogP contribution in [0.1, 0.15) is 17.2 Å². The lowest BCUT2D eigenvalue weighted by Gasteiger charge is -2.10. The van der Waals surface area contributed by atoms with E-state index >= 15 is 0 Å². The van der Waals surface area contributed by atoms with E-state index in [-0.39, 0.29) is 6.04 Å². The molecule has 0 amide bonds. The maximum Gasteiger partial charge on any atom is 0.118 e. The van der Waals surface area contributed by atoms with E-state index in [0.717, 1.165) is 16.9 Å². The van der Waals surface area contributed by atoms with Crippen LogP contribution in [0.2, 0.25) is 0 Å². The van der Waals surface area contributed by atoms with Gasteiger partial charge in [-0.25, -0.2) is 0 Å². The highest BCUT2D eigenvalue weighted by molar-refractivity contribution is 7.08. The zero-order valence-corrected chi connectivity index (χ0v) is 9.33. The van der Waals surface area contributed by atoms with Crippen molar-refractivity contribution in [3.63, 3.8) is 0 Å². The Morgan fingerprint density at radius 2 is 1.87 bits per heavy atom. The lowest BCUT2D eigenvalue weighted by atomic mass is 10.0. The zero-order chi connectivity index (χ0) is 10.7. The molecule has 0 unspecified atom stereocenters. The van der Waals surface area contributed by atoms with Crippen LogP contribution in [0.5, 0.6) is 5.75 Å². The first-order chi connectivity index (χ1) is 7.31. The van der Waals surface area contributed by atoms with Crippen molar-refractivity contribution in [3.8, 4) is 5.75 Å². The third-order valence-corrected chi connectivity index (χ3v) is 3.08. The van der Waals surface area contributed by atoms with Crippen LogP contribution in [0.4, 0.5) is 0 Å². The largest absolute Gasteiger partial charge is 0.497 e. The van der Waals surface area contributed by atoms with Crippen LogP contribution in [-0.2, 0) is 0 Å². The monoisotopic (exact) mass is 219 g/mol. The van der Waals surface area contributed by atoms with Crippen molar-refractivity contribution in [1.82, 2.24) is 0 Å². The van der Waals surface area contributed by atoms with E-state index in [1.54, 1.807) is 18.4 Å². The highest BCUT2D eigenvalue weighted by Gasteiger charge is 2.08. The molecule has 1 atom stereocenters. The van der Waals surface area contributed by atoms with Gasteiger partial charge in [-0.1, -0.05) is 12.1 Å². The second-order valence-electron chi connectivity index (χ2n) is 3.31. The topological polar surface area (TPSA) is 35.2 Å². The van der Waals surface area contributed by atoms with Gasteiger partial charge in [-0.15, -0.1) is 0 Å². The first-order valence-electron chi connectivity index (χ1n) is 4.73. The number of hydrogen-bond donors (Lipinski definition) is 1. The number of benzene rings is 1. The third kappa shape index (κ3) is 2.19. The van der Waals surface area contributed by atoms with E-state index in [0.29, 0.717) is 0 Å². The van der Waals surface area contributed by atoms with Crippen molar-refractivity contribution in [2.45, 2.75) is 6.04 Å². The zero-order valence-electron chi connectivity index (χ0n) is 8.51. The van der Waals surface area contributed by atoms with E-state index < -0.39 is 0 Å². The molecule has 0 radical (unpaired) electrons. The minimum atomic E-state index is -0.0397. The summed E-state index contributed by atoms with van der Waals surface area (Å²) in [5.41, 5.74) is 8.38. The molecule has 0 saturated carbocycles. The van der Waals surface area contributed by atoms with Crippen LogP contribution >= 0.6 is 11.3 Å². The third-order valence-electron chi connectivity index (χ3n) is 2.38. The van der Waals surface area contributed by atoms with Crippen molar-refractivity contribution in [2.75, 3.05) is 7.11 Å². The molecule has 0 saturated heterocycles. The molecule has 0 aliphatic heterocycles. The van der Waals surface area contributed by atoms with E-state index in [2.05, 4.69) is 11.4 Å². The molecule has 15 heavy (non-hydrogen) atoms. The van der Waals surface area contributed by atoms with Gasteiger partial charge in [0.15, 0.2) is 0 Å². The summed E-state index contributed by atoms with van der Waals surface area (Å²) in [6.45, 7) is 0. The van der Waals surface area contributed by atoms with E-state index in [1.807, 2.05) is 29.6 Å². The predicted molar refractivity (Wildman–Crippen MR) is 63.3 cm³/mol. The van der Waals surface area contributed by atoms with Gasteiger partial charge in [-0.2, -0.15) is 11.3 Å². The summed E-state index contributed by atoms with van der Waals surface area (Å²) in [4.78, 5) is 0. The Bertz CT molecular complexity index is 408. The molecule has 1 aromatic carbocycles. The fourth-order valence-corrected chi connectivity index (χ4v) is 2.15. The molecule has 1 heterocycles. The second-order valence-corrected chi connectivity index (χ2v) is 4.09. The number of methoxy groups -OCH3 is 1. The normalized spacial score (nSPS) is 12.4. The summed E-state index contributed by atoms with van der Waals surface area (Å²) in [7, 11) is 1.66. The molecule has 1 aromatic heterocycles. The van der Waals surface area contributed by atoms with Gasteiger partial charge < -0.3 is 10.5 Å². The maximum atomic E-state index is 6.12. The average molecular weight is 219 g/mol. The summed E-state index contributed by atoms with van der Waals surface area (Å²) in [5.74, 6) is 0.858. The van der Waals surface area contributed by atoms with Crippen LogP contribution in [0, 0.1) is 0 Å². The maximum absolute atomic E-state index is 6.12. The summed E-state index contributed by atoms with van der Waals surface area (Å²) in [6.07, 6.45) is 0. The van der Waals surface area contributed by atoms with Gasteiger partial charge in [0.25, 0.3) is 0 Å². The Morgan fingerprint density at radius 3 is 2.40 bits per heavy atom. The van der Waals surface area contributed by atoms with E-state index in [9.17, 15) is 0 Å². The quantitative estimate of drug-likeness (QED) is 0.861. The van der Waals surface area contributed by atoms with Gasteiger partial charge in [-0.3, -0.25) is 0 Å². The van der Waals surface area contributed by atoms with Gasteiger partial charge in [-0.05, 0) is 40.1 Å². The minimum Gasteiger partial charge on any atom is -0.497 e. The smallest absolute Gasteiger partial charge is 0.118 e. The Kier molecular flexibility index (Phi) is 3.04. The van der Waals surface area contributed by atoms with Gasteiger partial charge >= 0.3 is 0 Å². The van der Waals surface area contributed by atoms with Crippen LogP contribution in [0.3, 0.4) is 0 Å². The lowest BCUT2D eigenvalue weighted by molar-refractivity contribution is 0.414. The number of rotatable bonds is 3. The Morgan fingerprint density at radius 1 is 1.13 bits per heavy atom. The van der Waals surface area contributed by atoms with Crippen molar-refractivity contribution in [1.29, 1.82) is 0 Å². The summed E-state index contributed by atoms with van der Waals surface area (Å²) >= 11 is 1.67. The van der Waals surface area contributed by atoms with Crippen LogP contribution in [0.15, 0.2) is 41.1 Å². The molecule has 0 fully saturated rings. The molecule has 0 spiro atoms. The summed E-state index contributed by atoms with van der Waals surface area (Å²) in [5, 5.41) is 4.12. The Hall–Kier alpha value is -1.32. The molecule has 2 nitrogen and oxygen atoms in total. The molecule has 2 aromatic rings. The highest BCUT2D eigenvalue weighted by atomic mass is 32.1. The lowest BCUT2D eigenvalue weighted by Crippen LogP contribution is -2.10. The molecule has 3 heteroatoms. The van der Waals surface area contributed by atoms with Crippen LogP contribution < -0.4 is 10.5 Å². The first kappa shape index (κ1) is 10.2. The Labute approximate surface area is 93.3 Å². The van der Waals surface area contributed by atoms with Gasteiger partial charge in [0.05, 0.1) is 13.2 Å². The molecule has 2 rings (SSSR count). The van der Waals surface area contributed by atoms with Gasteiger partial charge in [0.2, 0.25) is 0 Å². The van der Waals surface area contributed by atoms with E-state index in [1.165, 1.54) is 0 Å². The number of ether oxygens (including phenoxy) is 1. The predicted octanol–water partition coefficient (Wildman–Crippen LogP) is 2.80. The second kappa shape index (κ2) is 4.47. The van der Waals surface area contributed by atoms with Crippen molar-refractivity contribution in [3.05, 3.63) is 52.2 Å². The molecule has 0 bridgehead atoms. The van der Waals surface area contributed by atoms with Crippen molar-refractivity contribution >= 4 is 11.3 Å². The molecule has 78 valence electrons. The molecule has 0 aliphatic carbocycles. The van der Waals surface area contributed by atoms with Crippen molar-refractivity contribution in [2.24, 2.45) is 5.73 Å². The molecular weight excluding hydrogens is 206 g/mol. The molecular formula is C12H13NOS. The van der Waals surface area contributed by atoms with Crippen molar-refractivity contribution < 1.29 is 4.74 Å². The standard InChI is InChI=1S/C12H13NOS/c1-14-11-4-2-9(3-5-11)12(13)10-6-7-15-8-10/h2-8,12H,13H2,1H3/t12-/m1/s1. The van der Waals surface area contributed by atoms with Crippen LogP contribution in [0.25, 0.3) is 0 Å². The number of thiophene rings is 1. The number of nitrogens with two attached hydrogens (primary N) is 1. The fraction of sp³-hybridized carbons (Fsp3) is 0.167. The Balaban J connectivity index is 2.22. The summed E-state index contributed by atoms with van der Waals surface area (Å²) < 4.78 is 5.10. The van der Waals surface area contributed by atoms with E-state index in [4.69, 9.17) is 10.5 Å². The average Bonchev–Trinajstić information content (AvgIpc) is 2.82. The van der Waals surface area contributed by atoms with Gasteiger partial charge in [0, 0.05) is 0 Å². The van der Waals surface area contributed by atoms with Gasteiger partial charge in [0.1, 0.15) is 5.75 Å². The minimum absolute atomic E-state index is 0.0397. The molecule has 2 N–H and O–H groups in total. The number of hydrogen-bond acceptors (Lipinski definition) is 3. The fourth-order valence-electron chi connectivity index (χ4n) is 1.46. The highest BCUT2D eigenvalue weighted by Crippen LogP contribution is 2.23. The van der Waals surface area contributed by atoms with Crippen LogP contribution in [-0.4, -0.2) is 7.11 Å². The summed E-state index contributed by atoms with van der Waals surface area (Å²) in [6, 6.07) is 9.88.